The third kappa shape index (κ3) is 4.08. The lowest BCUT2D eigenvalue weighted by Crippen LogP contribution is -2.41. The number of hydrogen-bond acceptors (Lipinski definition) is 5. The van der Waals surface area contributed by atoms with Crippen LogP contribution in [-0.4, -0.2) is 58.6 Å². The second kappa shape index (κ2) is 6.96. The van der Waals surface area contributed by atoms with Crippen LogP contribution in [-0.2, 0) is 26.0 Å². The van der Waals surface area contributed by atoms with E-state index in [1.807, 2.05) is 0 Å². The first kappa shape index (κ1) is 16.4. The van der Waals surface area contributed by atoms with Crippen molar-refractivity contribution in [2.75, 3.05) is 44.7 Å². The molecule has 23 heavy (non-hydrogen) atoms. The maximum absolute atomic E-state index is 12.4. The monoisotopic (exact) mass is 339 g/mol. The van der Waals surface area contributed by atoms with E-state index < -0.39 is 10.0 Å². The molecule has 7 nitrogen and oxygen atoms in total. The number of nitrogens with one attached hydrogen (secondary N) is 2. The number of rotatable bonds is 5. The summed E-state index contributed by atoms with van der Waals surface area (Å²) in [5, 5.41) is 2.75. The van der Waals surface area contributed by atoms with Gasteiger partial charge in [-0.2, -0.15) is 0 Å². The third-order valence-electron chi connectivity index (χ3n) is 4.11. The van der Waals surface area contributed by atoms with E-state index in [2.05, 4.69) is 14.9 Å². The summed E-state index contributed by atoms with van der Waals surface area (Å²) in [5.74, 6) is -0.0308. The van der Waals surface area contributed by atoms with E-state index >= 15 is 0 Å². The maximum Gasteiger partial charge on any atom is 0.240 e. The fourth-order valence-corrected chi connectivity index (χ4v) is 3.84. The largest absolute Gasteiger partial charge is 0.379 e. The summed E-state index contributed by atoms with van der Waals surface area (Å²) in [6, 6.07) is 4.83. The molecule has 1 saturated heterocycles. The first-order chi connectivity index (χ1) is 11.0. The minimum atomic E-state index is -3.53. The predicted octanol–water partition coefficient (Wildman–Crippen LogP) is 0.182. The number of fused-ring (bicyclic) bond motifs is 1. The topological polar surface area (TPSA) is 87.7 Å². The highest BCUT2D eigenvalue weighted by molar-refractivity contribution is 7.89. The predicted molar refractivity (Wildman–Crippen MR) is 85.8 cm³/mol. The Morgan fingerprint density at radius 2 is 2.00 bits per heavy atom. The highest BCUT2D eigenvalue weighted by atomic mass is 32.2. The van der Waals surface area contributed by atoms with Gasteiger partial charge in [0.05, 0.1) is 18.1 Å². The van der Waals surface area contributed by atoms with Gasteiger partial charge in [-0.25, -0.2) is 13.1 Å². The van der Waals surface area contributed by atoms with Crippen molar-refractivity contribution in [2.45, 2.75) is 17.7 Å². The summed E-state index contributed by atoms with van der Waals surface area (Å²) >= 11 is 0. The average molecular weight is 339 g/mol. The van der Waals surface area contributed by atoms with Crippen molar-refractivity contribution < 1.29 is 17.9 Å². The number of carbonyl (C=O) groups is 1. The van der Waals surface area contributed by atoms with E-state index in [9.17, 15) is 13.2 Å². The second-order valence-corrected chi connectivity index (χ2v) is 7.49. The van der Waals surface area contributed by atoms with Gasteiger partial charge in [-0.3, -0.25) is 9.69 Å². The minimum Gasteiger partial charge on any atom is -0.379 e. The molecule has 0 unspecified atom stereocenters. The van der Waals surface area contributed by atoms with Crippen LogP contribution in [0.5, 0.6) is 0 Å². The molecule has 3 rings (SSSR count). The van der Waals surface area contributed by atoms with Crippen molar-refractivity contribution >= 4 is 21.6 Å². The van der Waals surface area contributed by atoms with E-state index in [-0.39, 0.29) is 10.8 Å². The van der Waals surface area contributed by atoms with Crippen molar-refractivity contribution in [3.8, 4) is 0 Å². The van der Waals surface area contributed by atoms with Crippen molar-refractivity contribution in [1.29, 1.82) is 0 Å². The van der Waals surface area contributed by atoms with Crippen LogP contribution in [0.2, 0.25) is 0 Å². The van der Waals surface area contributed by atoms with E-state index in [4.69, 9.17) is 4.74 Å². The number of morpholine rings is 1. The van der Waals surface area contributed by atoms with Crippen molar-refractivity contribution in [3.63, 3.8) is 0 Å². The maximum atomic E-state index is 12.4. The summed E-state index contributed by atoms with van der Waals surface area (Å²) in [6.45, 7) is 4.10. The molecule has 126 valence electrons. The molecule has 2 aliphatic heterocycles. The van der Waals surface area contributed by atoms with Gasteiger partial charge in [0.25, 0.3) is 0 Å². The van der Waals surface area contributed by atoms with Crippen LogP contribution in [0, 0.1) is 0 Å². The minimum absolute atomic E-state index is 0.0308. The number of sulfonamides is 1. The zero-order valence-electron chi connectivity index (χ0n) is 12.9. The lowest BCUT2D eigenvalue weighted by atomic mass is 10.0. The van der Waals surface area contributed by atoms with Gasteiger partial charge >= 0.3 is 0 Å². The lowest BCUT2D eigenvalue weighted by Gasteiger charge is -2.26. The Kier molecular flexibility index (Phi) is 4.96. The second-order valence-electron chi connectivity index (χ2n) is 5.72. The summed E-state index contributed by atoms with van der Waals surface area (Å²) in [6.07, 6.45) is 0.958. The van der Waals surface area contributed by atoms with E-state index in [0.29, 0.717) is 44.8 Å². The molecule has 1 aromatic carbocycles. The molecule has 2 aliphatic rings. The Bertz CT molecular complexity index is 684. The standard InChI is InChI=1S/C15H21N3O4S/c19-15-4-1-12-11-13(2-3-14(12)17-15)23(20,21)16-5-6-18-7-9-22-10-8-18/h2-3,11,16H,1,4-10H2,(H,17,19). The molecule has 8 heteroatoms. The lowest BCUT2D eigenvalue weighted by molar-refractivity contribution is -0.116. The van der Waals surface area contributed by atoms with Crippen LogP contribution < -0.4 is 10.0 Å². The van der Waals surface area contributed by atoms with Gasteiger partial charge < -0.3 is 10.1 Å². The number of carbonyl (C=O) groups excluding carboxylic acids is 1. The van der Waals surface area contributed by atoms with Crippen molar-refractivity contribution in [1.82, 2.24) is 9.62 Å². The van der Waals surface area contributed by atoms with Crippen LogP contribution in [0.15, 0.2) is 23.1 Å². The smallest absolute Gasteiger partial charge is 0.240 e. The van der Waals surface area contributed by atoms with E-state index in [1.54, 1.807) is 12.1 Å². The number of nitrogens with zero attached hydrogens (tertiary/aromatic N) is 1. The zero-order valence-corrected chi connectivity index (χ0v) is 13.7. The van der Waals surface area contributed by atoms with E-state index in [1.165, 1.54) is 6.07 Å². The molecule has 0 aliphatic carbocycles. The summed E-state index contributed by atoms with van der Waals surface area (Å²) in [5.41, 5.74) is 1.56. The van der Waals surface area contributed by atoms with Gasteiger partial charge in [0.2, 0.25) is 15.9 Å². The quantitative estimate of drug-likeness (QED) is 0.799. The molecule has 1 fully saturated rings. The summed E-state index contributed by atoms with van der Waals surface area (Å²) < 4.78 is 32.7. The van der Waals surface area contributed by atoms with Crippen LogP contribution in [0.4, 0.5) is 5.69 Å². The highest BCUT2D eigenvalue weighted by Crippen LogP contribution is 2.25. The molecule has 0 atom stereocenters. The fourth-order valence-electron chi connectivity index (χ4n) is 2.77. The van der Waals surface area contributed by atoms with Gasteiger partial charge in [0, 0.05) is 38.3 Å². The van der Waals surface area contributed by atoms with E-state index in [0.717, 1.165) is 18.7 Å². The fraction of sp³-hybridized carbons (Fsp3) is 0.533. The van der Waals surface area contributed by atoms with Gasteiger partial charge in [-0.1, -0.05) is 0 Å². The molecule has 1 amide bonds. The number of amides is 1. The number of ether oxygens (including phenoxy) is 1. The Balaban J connectivity index is 1.61. The Morgan fingerprint density at radius 3 is 2.78 bits per heavy atom. The number of benzene rings is 1. The molecular formula is C15H21N3O4S. The Hall–Kier alpha value is -1.48. The van der Waals surface area contributed by atoms with Crippen molar-refractivity contribution in [3.05, 3.63) is 23.8 Å². The van der Waals surface area contributed by atoms with Gasteiger partial charge in [-0.15, -0.1) is 0 Å². The molecule has 0 radical (unpaired) electrons. The molecule has 2 N–H and O–H groups in total. The Labute approximate surface area is 136 Å². The highest BCUT2D eigenvalue weighted by Gasteiger charge is 2.20. The molecule has 0 saturated carbocycles. The van der Waals surface area contributed by atoms with Gasteiger partial charge in [0.1, 0.15) is 0 Å². The molecule has 0 aromatic heterocycles. The third-order valence-corrected chi connectivity index (χ3v) is 5.57. The Morgan fingerprint density at radius 1 is 1.22 bits per heavy atom. The number of aryl methyl sites for hydroxylation is 1. The zero-order chi connectivity index (χ0) is 16.3. The molecule has 1 aromatic rings. The van der Waals surface area contributed by atoms with Crippen LogP contribution in [0.3, 0.4) is 0 Å². The van der Waals surface area contributed by atoms with Crippen molar-refractivity contribution in [2.24, 2.45) is 0 Å². The first-order valence-corrected chi connectivity index (χ1v) is 9.25. The number of hydrogen-bond donors (Lipinski definition) is 2. The normalized spacial score (nSPS) is 19.2. The first-order valence-electron chi connectivity index (χ1n) is 7.77. The average Bonchev–Trinajstić information content (AvgIpc) is 2.55. The van der Waals surface area contributed by atoms with Gasteiger partial charge in [-0.05, 0) is 30.2 Å². The van der Waals surface area contributed by atoms with Crippen LogP contribution in [0.1, 0.15) is 12.0 Å². The SMILES string of the molecule is O=C1CCc2cc(S(=O)(=O)NCCN3CCOCC3)ccc2N1. The summed E-state index contributed by atoms with van der Waals surface area (Å²) in [4.78, 5) is 13.8. The molecular weight excluding hydrogens is 318 g/mol. The molecule has 0 bridgehead atoms. The van der Waals surface area contributed by atoms with Crippen LogP contribution in [0.25, 0.3) is 0 Å². The van der Waals surface area contributed by atoms with Gasteiger partial charge in [0.15, 0.2) is 0 Å². The molecule has 2 heterocycles. The summed E-state index contributed by atoms with van der Waals surface area (Å²) in [7, 11) is -3.53. The number of anilines is 1. The van der Waals surface area contributed by atoms with Crippen LogP contribution >= 0.6 is 0 Å². The molecule has 0 spiro atoms.